The molecule has 1 N–H and O–H groups in total. The lowest BCUT2D eigenvalue weighted by atomic mass is 10.2. The van der Waals surface area contributed by atoms with E-state index >= 15 is 0 Å². The van der Waals surface area contributed by atoms with Crippen molar-refractivity contribution in [3.8, 4) is 5.69 Å². The van der Waals surface area contributed by atoms with Gasteiger partial charge in [0.15, 0.2) is 5.76 Å². The highest BCUT2D eigenvalue weighted by molar-refractivity contribution is 6.00. The fraction of sp³-hybridized carbons (Fsp3) is 0.235. The van der Waals surface area contributed by atoms with Crippen LogP contribution in [0.3, 0.4) is 0 Å². The molecule has 0 aliphatic carbocycles. The summed E-state index contributed by atoms with van der Waals surface area (Å²) >= 11 is 0. The molecule has 0 bridgehead atoms. The molecule has 0 spiro atoms. The molecule has 0 radical (unpaired) electrons. The molecule has 1 unspecified atom stereocenters. The van der Waals surface area contributed by atoms with Crippen LogP contribution in [-0.2, 0) is 4.79 Å². The van der Waals surface area contributed by atoms with E-state index in [0.717, 1.165) is 12.1 Å². The van der Waals surface area contributed by atoms with Crippen molar-refractivity contribution in [2.75, 3.05) is 11.9 Å². The van der Waals surface area contributed by atoms with Crippen molar-refractivity contribution >= 4 is 17.5 Å². The number of aromatic nitrogens is 4. The standard InChI is InChI=1S/C17H16N6O3/c24-16(14-6-2-8-22(14)17(25)15-7-3-9-26-15)19-12-4-1-5-13(10-12)23-11-18-20-21-23/h1,3-5,7,9-11,14H,2,6,8H2,(H,19,24). The molecule has 26 heavy (non-hydrogen) atoms. The summed E-state index contributed by atoms with van der Waals surface area (Å²) in [5.74, 6) is -0.253. The lowest BCUT2D eigenvalue weighted by molar-refractivity contribution is -0.119. The van der Waals surface area contributed by atoms with E-state index in [9.17, 15) is 9.59 Å². The van der Waals surface area contributed by atoms with Crippen LogP contribution >= 0.6 is 0 Å². The average Bonchev–Trinajstić information content (AvgIpc) is 3.44. The Morgan fingerprint density at radius 1 is 1.23 bits per heavy atom. The Balaban J connectivity index is 1.49. The molecule has 3 heterocycles. The van der Waals surface area contributed by atoms with Gasteiger partial charge in [0.05, 0.1) is 12.0 Å². The maximum Gasteiger partial charge on any atom is 0.290 e. The zero-order valence-corrected chi connectivity index (χ0v) is 13.8. The highest BCUT2D eigenvalue weighted by Crippen LogP contribution is 2.22. The number of anilines is 1. The summed E-state index contributed by atoms with van der Waals surface area (Å²) in [6.07, 6.45) is 4.31. The van der Waals surface area contributed by atoms with Crippen molar-refractivity contribution in [3.63, 3.8) is 0 Å². The van der Waals surface area contributed by atoms with E-state index in [4.69, 9.17) is 4.42 Å². The minimum absolute atomic E-state index is 0.226. The molecule has 2 amide bonds. The summed E-state index contributed by atoms with van der Waals surface area (Å²) < 4.78 is 6.66. The number of likely N-dealkylation sites (tertiary alicyclic amines) is 1. The van der Waals surface area contributed by atoms with Crippen molar-refractivity contribution in [1.82, 2.24) is 25.1 Å². The van der Waals surface area contributed by atoms with Crippen LogP contribution in [-0.4, -0.2) is 49.5 Å². The number of rotatable bonds is 4. The van der Waals surface area contributed by atoms with Crippen LogP contribution in [0.15, 0.2) is 53.4 Å². The first-order valence-electron chi connectivity index (χ1n) is 8.21. The number of furan rings is 1. The second-order valence-corrected chi connectivity index (χ2v) is 5.93. The summed E-state index contributed by atoms with van der Waals surface area (Å²) in [5.41, 5.74) is 1.34. The molecule has 132 valence electrons. The van der Waals surface area contributed by atoms with E-state index in [1.807, 2.05) is 6.07 Å². The van der Waals surface area contributed by atoms with Crippen LogP contribution < -0.4 is 5.32 Å². The topological polar surface area (TPSA) is 106 Å². The Labute approximate surface area is 148 Å². The minimum atomic E-state index is -0.524. The minimum Gasteiger partial charge on any atom is -0.459 e. The van der Waals surface area contributed by atoms with E-state index < -0.39 is 6.04 Å². The van der Waals surface area contributed by atoms with E-state index in [1.54, 1.807) is 35.2 Å². The van der Waals surface area contributed by atoms with Gasteiger partial charge in [-0.05, 0) is 53.6 Å². The lowest BCUT2D eigenvalue weighted by Gasteiger charge is -2.23. The van der Waals surface area contributed by atoms with E-state index in [2.05, 4.69) is 20.8 Å². The Kier molecular flexibility index (Phi) is 4.18. The molecule has 1 aliphatic rings. The summed E-state index contributed by atoms with van der Waals surface area (Å²) in [4.78, 5) is 26.8. The molecule has 1 aromatic carbocycles. The third-order valence-corrected chi connectivity index (χ3v) is 4.28. The zero-order chi connectivity index (χ0) is 17.9. The third-order valence-electron chi connectivity index (χ3n) is 4.28. The van der Waals surface area contributed by atoms with Gasteiger partial charge in [0.25, 0.3) is 5.91 Å². The number of tetrazole rings is 1. The lowest BCUT2D eigenvalue weighted by Crippen LogP contribution is -2.43. The maximum absolute atomic E-state index is 12.7. The molecule has 1 saturated heterocycles. The van der Waals surface area contributed by atoms with Gasteiger partial charge in [-0.3, -0.25) is 9.59 Å². The van der Waals surface area contributed by atoms with Crippen molar-refractivity contribution in [3.05, 3.63) is 54.7 Å². The van der Waals surface area contributed by atoms with Crippen molar-refractivity contribution < 1.29 is 14.0 Å². The number of nitrogens with zero attached hydrogens (tertiary/aromatic N) is 5. The highest BCUT2D eigenvalue weighted by atomic mass is 16.3. The summed E-state index contributed by atoms with van der Waals surface area (Å²) in [6.45, 7) is 0.530. The largest absolute Gasteiger partial charge is 0.459 e. The Hall–Kier alpha value is -3.49. The molecular weight excluding hydrogens is 336 g/mol. The fourth-order valence-electron chi connectivity index (χ4n) is 3.06. The third kappa shape index (κ3) is 3.06. The number of benzene rings is 1. The van der Waals surface area contributed by atoms with Crippen LogP contribution in [0, 0.1) is 0 Å². The van der Waals surface area contributed by atoms with Crippen molar-refractivity contribution in [1.29, 1.82) is 0 Å². The van der Waals surface area contributed by atoms with Gasteiger partial charge in [0.1, 0.15) is 12.4 Å². The molecular formula is C17H16N6O3. The fourth-order valence-corrected chi connectivity index (χ4v) is 3.06. The van der Waals surface area contributed by atoms with Gasteiger partial charge in [0.2, 0.25) is 5.91 Å². The molecule has 9 heteroatoms. The van der Waals surface area contributed by atoms with Gasteiger partial charge in [0, 0.05) is 12.2 Å². The SMILES string of the molecule is O=C(Nc1cccc(-n2cnnn2)c1)C1CCCN1C(=O)c1ccco1. The van der Waals surface area contributed by atoms with Gasteiger partial charge >= 0.3 is 0 Å². The molecule has 0 saturated carbocycles. The molecule has 2 aromatic heterocycles. The van der Waals surface area contributed by atoms with E-state index in [0.29, 0.717) is 18.7 Å². The van der Waals surface area contributed by atoms with Gasteiger partial charge < -0.3 is 14.6 Å². The quantitative estimate of drug-likeness (QED) is 0.763. The first-order chi connectivity index (χ1) is 12.7. The van der Waals surface area contributed by atoms with Crippen LogP contribution in [0.1, 0.15) is 23.4 Å². The van der Waals surface area contributed by atoms with Gasteiger partial charge in [-0.2, -0.15) is 0 Å². The Morgan fingerprint density at radius 3 is 2.92 bits per heavy atom. The number of nitrogens with one attached hydrogen (secondary N) is 1. The number of hydrogen-bond acceptors (Lipinski definition) is 6. The van der Waals surface area contributed by atoms with Gasteiger partial charge in [-0.15, -0.1) is 5.10 Å². The zero-order valence-electron chi connectivity index (χ0n) is 13.8. The normalized spacial score (nSPS) is 16.6. The predicted octanol–water partition coefficient (Wildman–Crippen LogP) is 1.50. The molecule has 1 fully saturated rings. The highest BCUT2D eigenvalue weighted by Gasteiger charge is 2.35. The molecule has 9 nitrogen and oxygen atoms in total. The summed E-state index contributed by atoms with van der Waals surface area (Å²) in [7, 11) is 0. The second-order valence-electron chi connectivity index (χ2n) is 5.93. The van der Waals surface area contributed by atoms with Crippen LogP contribution in [0.2, 0.25) is 0 Å². The number of carbonyl (C=O) groups is 2. The Bertz CT molecular complexity index is 906. The van der Waals surface area contributed by atoms with E-state index in [-0.39, 0.29) is 17.6 Å². The van der Waals surface area contributed by atoms with Crippen LogP contribution in [0.25, 0.3) is 5.69 Å². The van der Waals surface area contributed by atoms with Crippen molar-refractivity contribution in [2.24, 2.45) is 0 Å². The molecule has 1 aliphatic heterocycles. The smallest absolute Gasteiger partial charge is 0.290 e. The Morgan fingerprint density at radius 2 is 2.15 bits per heavy atom. The van der Waals surface area contributed by atoms with Gasteiger partial charge in [-0.25, -0.2) is 4.68 Å². The number of carbonyl (C=O) groups excluding carboxylic acids is 2. The van der Waals surface area contributed by atoms with E-state index in [1.165, 1.54) is 17.3 Å². The molecule has 4 rings (SSSR count). The second kappa shape index (κ2) is 6.79. The summed E-state index contributed by atoms with van der Waals surface area (Å²) in [6, 6.07) is 9.90. The van der Waals surface area contributed by atoms with Crippen molar-refractivity contribution in [2.45, 2.75) is 18.9 Å². The number of amides is 2. The molecule has 1 atom stereocenters. The molecule has 3 aromatic rings. The van der Waals surface area contributed by atoms with Crippen LogP contribution in [0.4, 0.5) is 5.69 Å². The van der Waals surface area contributed by atoms with Crippen LogP contribution in [0.5, 0.6) is 0 Å². The average molecular weight is 352 g/mol. The first kappa shape index (κ1) is 16.0. The number of hydrogen-bond donors (Lipinski definition) is 1. The van der Waals surface area contributed by atoms with Gasteiger partial charge in [-0.1, -0.05) is 6.07 Å². The monoisotopic (exact) mass is 352 g/mol. The summed E-state index contributed by atoms with van der Waals surface area (Å²) in [5, 5.41) is 13.9. The first-order valence-corrected chi connectivity index (χ1v) is 8.21. The maximum atomic E-state index is 12.7. The predicted molar refractivity (Wildman–Crippen MR) is 90.6 cm³/mol.